The third kappa shape index (κ3) is 2.09. The van der Waals surface area contributed by atoms with Crippen LogP contribution < -0.4 is 4.90 Å². The molecule has 0 aromatic carbocycles. The van der Waals surface area contributed by atoms with Gasteiger partial charge in [0.1, 0.15) is 6.20 Å². The van der Waals surface area contributed by atoms with Crippen molar-refractivity contribution in [1.29, 1.82) is 0 Å². The summed E-state index contributed by atoms with van der Waals surface area (Å²) >= 11 is 1.40. The number of aromatic nitrogens is 2. The van der Waals surface area contributed by atoms with Crippen LogP contribution in [0.15, 0.2) is 11.6 Å². The number of imidazole rings is 1. The van der Waals surface area contributed by atoms with Crippen molar-refractivity contribution in [1.82, 2.24) is 9.38 Å². The summed E-state index contributed by atoms with van der Waals surface area (Å²) in [7, 11) is 1.88. The Hall–Kier alpha value is -1.67. The lowest BCUT2D eigenvalue weighted by Gasteiger charge is -2.54. The smallest absolute Gasteiger partial charge is 0.373 e. The Morgan fingerprint density at radius 2 is 2.36 bits per heavy atom. The van der Waals surface area contributed by atoms with E-state index in [4.69, 9.17) is 4.74 Å². The van der Waals surface area contributed by atoms with Gasteiger partial charge in [-0.2, -0.15) is 9.38 Å². The Morgan fingerprint density at radius 1 is 1.64 bits per heavy atom. The van der Waals surface area contributed by atoms with Crippen molar-refractivity contribution < 1.29 is 9.66 Å². The SMILES string of the molecule is CCOC1CC(N(C)c2nc3sccn3c2[N+](=O)[O-])C1(C)C. The molecule has 0 aliphatic heterocycles. The quantitative estimate of drug-likeness (QED) is 0.624. The molecule has 3 rings (SSSR count). The number of thiazole rings is 1. The molecule has 0 spiro atoms. The van der Waals surface area contributed by atoms with E-state index < -0.39 is 0 Å². The summed E-state index contributed by atoms with van der Waals surface area (Å²) in [4.78, 5) is 18.1. The molecule has 0 N–H and O–H groups in total. The molecular formula is C14H20N4O3S. The molecule has 7 nitrogen and oxygen atoms in total. The van der Waals surface area contributed by atoms with E-state index in [2.05, 4.69) is 18.8 Å². The van der Waals surface area contributed by atoms with E-state index in [0.717, 1.165) is 6.42 Å². The second kappa shape index (κ2) is 5.20. The van der Waals surface area contributed by atoms with Gasteiger partial charge in [0.2, 0.25) is 5.82 Å². The van der Waals surface area contributed by atoms with Crippen molar-refractivity contribution in [2.24, 2.45) is 5.41 Å². The third-order valence-corrected chi connectivity index (χ3v) is 5.44. The van der Waals surface area contributed by atoms with Crippen LogP contribution in [-0.2, 0) is 4.74 Å². The van der Waals surface area contributed by atoms with Gasteiger partial charge in [-0.25, -0.2) is 0 Å². The molecular weight excluding hydrogens is 304 g/mol. The molecule has 1 aliphatic carbocycles. The Bertz CT molecular complexity index is 708. The van der Waals surface area contributed by atoms with Crippen molar-refractivity contribution in [2.45, 2.75) is 39.3 Å². The minimum Gasteiger partial charge on any atom is -0.378 e. The van der Waals surface area contributed by atoms with Gasteiger partial charge in [-0.05, 0) is 18.3 Å². The second-order valence-corrected chi connectivity index (χ2v) is 7.07. The van der Waals surface area contributed by atoms with Crippen LogP contribution in [0.5, 0.6) is 0 Å². The molecule has 1 saturated carbocycles. The first-order chi connectivity index (χ1) is 10.4. The number of anilines is 1. The lowest BCUT2D eigenvalue weighted by atomic mass is 9.64. The highest BCUT2D eigenvalue weighted by Crippen LogP contribution is 2.47. The summed E-state index contributed by atoms with van der Waals surface area (Å²) in [6.07, 6.45) is 2.74. The van der Waals surface area contributed by atoms with Crippen LogP contribution in [-0.4, -0.2) is 40.1 Å². The minimum absolute atomic E-state index is 0.0365. The van der Waals surface area contributed by atoms with Crippen molar-refractivity contribution in [2.75, 3.05) is 18.6 Å². The normalized spacial score (nSPS) is 23.5. The van der Waals surface area contributed by atoms with Crippen LogP contribution in [0.3, 0.4) is 0 Å². The first-order valence-electron chi connectivity index (χ1n) is 7.32. The van der Waals surface area contributed by atoms with Crippen LogP contribution >= 0.6 is 11.3 Å². The van der Waals surface area contributed by atoms with E-state index in [0.29, 0.717) is 17.4 Å². The second-order valence-electron chi connectivity index (χ2n) is 6.20. The summed E-state index contributed by atoms with van der Waals surface area (Å²) in [5, 5.41) is 13.3. The van der Waals surface area contributed by atoms with E-state index >= 15 is 0 Å². The van der Waals surface area contributed by atoms with Gasteiger partial charge in [-0.1, -0.05) is 25.2 Å². The molecule has 2 heterocycles. The van der Waals surface area contributed by atoms with Crippen LogP contribution in [0.1, 0.15) is 27.2 Å². The van der Waals surface area contributed by atoms with E-state index in [1.54, 1.807) is 16.0 Å². The fourth-order valence-corrected chi connectivity index (χ4v) is 4.03. The number of hydrogen-bond acceptors (Lipinski definition) is 6. The number of ether oxygens (including phenoxy) is 1. The maximum Gasteiger partial charge on any atom is 0.373 e. The first kappa shape index (κ1) is 15.2. The molecule has 2 aromatic heterocycles. The average Bonchev–Trinajstić information content (AvgIpc) is 3.01. The predicted octanol–water partition coefficient (Wildman–Crippen LogP) is 2.94. The number of rotatable bonds is 5. The fourth-order valence-electron chi connectivity index (χ4n) is 3.32. The van der Waals surface area contributed by atoms with Gasteiger partial charge in [0, 0.05) is 30.5 Å². The Balaban J connectivity index is 1.93. The molecule has 0 amide bonds. The fraction of sp³-hybridized carbons (Fsp3) is 0.643. The van der Waals surface area contributed by atoms with Crippen LogP contribution in [0.2, 0.25) is 0 Å². The molecule has 120 valence electrons. The number of nitro groups is 1. The van der Waals surface area contributed by atoms with Crippen molar-refractivity contribution in [3.8, 4) is 0 Å². The maximum absolute atomic E-state index is 11.5. The molecule has 2 aromatic rings. The van der Waals surface area contributed by atoms with Gasteiger partial charge in [0.25, 0.3) is 4.96 Å². The largest absolute Gasteiger partial charge is 0.378 e. The Morgan fingerprint density at radius 3 is 2.95 bits per heavy atom. The summed E-state index contributed by atoms with van der Waals surface area (Å²) in [6, 6.07) is 0.173. The first-order valence-corrected chi connectivity index (χ1v) is 8.20. The molecule has 22 heavy (non-hydrogen) atoms. The molecule has 1 fully saturated rings. The molecule has 0 bridgehead atoms. The summed E-state index contributed by atoms with van der Waals surface area (Å²) in [5.74, 6) is 0.472. The summed E-state index contributed by atoms with van der Waals surface area (Å²) < 4.78 is 7.29. The molecule has 2 unspecified atom stereocenters. The zero-order valence-electron chi connectivity index (χ0n) is 13.1. The lowest BCUT2D eigenvalue weighted by Crippen LogP contribution is -2.61. The van der Waals surface area contributed by atoms with E-state index in [-0.39, 0.29) is 28.3 Å². The zero-order valence-corrected chi connectivity index (χ0v) is 14.0. The van der Waals surface area contributed by atoms with Crippen LogP contribution in [0, 0.1) is 15.5 Å². The number of fused-ring (bicyclic) bond motifs is 1. The summed E-state index contributed by atoms with van der Waals surface area (Å²) in [6.45, 7) is 6.96. The third-order valence-electron chi connectivity index (χ3n) is 4.69. The number of nitrogens with zero attached hydrogens (tertiary/aromatic N) is 4. The Kier molecular flexibility index (Phi) is 3.60. The van der Waals surface area contributed by atoms with Gasteiger partial charge in [-0.15, -0.1) is 0 Å². The predicted molar refractivity (Wildman–Crippen MR) is 85.7 cm³/mol. The zero-order chi connectivity index (χ0) is 16.1. The van der Waals surface area contributed by atoms with Crippen molar-refractivity contribution in [3.63, 3.8) is 0 Å². The molecule has 0 radical (unpaired) electrons. The number of hydrogen-bond donors (Lipinski definition) is 0. The van der Waals surface area contributed by atoms with Gasteiger partial charge in [0.15, 0.2) is 0 Å². The van der Waals surface area contributed by atoms with E-state index in [1.165, 1.54) is 11.3 Å². The maximum atomic E-state index is 11.5. The highest BCUT2D eigenvalue weighted by Gasteiger charge is 2.52. The van der Waals surface area contributed by atoms with Crippen molar-refractivity contribution in [3.05, 3.63) is 21.7 Å². The monoisotopic (exact) mass is 324 g/mol. The lowest BCUT2D eigenvalue weighted by molar-refractivity contribution is -0.389. The van der Waals surface area contributed by atoms with Gasteiger partial charge in [0.05, 0.1) is 6.10 Å². The van der Waals surface area contributed by atoms with E-state index in [9.17, 15) is 10.1 Å². The molecule has 1 aliphatic rings. The van der Waals surface area contributed by atoms with Gasteiger partial charge >= 0.3 is 5.82 Å². The molecule has 8 heteroatoms. The molecule has 2 atom stereocenters. The summed E-state index contributed by atoms with van der Waals surface area (Å²) in [5.41, 5.74) is -0.0599. The van der Waals surface area contributed by atoms with E-state index in [1.807, 2.05) is 18.9 Å². The van der Waals surface area contributed by atoms with Gasteiger partial charge < -0.3 is 19.8 Å². The van der Waals surface area contributed by atoms with Crippen LogP contribution in [0.4, 0.5) is 11.6 Å². The standard InChI is InChI=1S/C14H20N4O3S/c1-5-21-10-8-9(14(10,2)3)16(4)11-12(18(19)20)17-6-7-22-13(17)15-11/h6-7,9-10H,5,8H2,1-4H3. The minimum atomic E-state index is -0.357. The highest BCUT2D eigenvalue weighted by atomic mass is 32.1. The molecule has 0 saturated heterocycles. The Labute approximate surface area is 132 Å². The highest BCUT2D eigenvalue weighted by molar-refractivity contribution is 7.15. The van der Waals surface area contributed by atoms with Gasteiger partial charge in [-0.3, -0.25) is 0 Å². The van der Waals surface area contributed by atoms with Crippen LogP contribution in [0.25, 0.3) is 4.96 Å². The average molecular weight is 324 g/mol. The topological polar surface area (TPSA) is 72.9 Å². The van der Waals surface area contributed by atoms with Crippen molar-refractivity contribution >= 4 is 27.9 Å².